The molecule has 9 heteroatoms. The van der Waals surface area contributed by atoms with Crippen LogP contribution in [0, 0.1) is 17.6 Å². The first-order valence-corrected chi connectivity index (χ1v) is 12.0. The molecule has 2 aromatic heterocycles. The minimum absolute atomic E-state index is 0.00781. The number of rotatable bonds is 6. The summed E-state index contributed by atoms with van der Waals surface area (Å²) >= 11 is 0. The van der Waals surface area contributed by atoms with E-state index in [2.05, 4.69) is 36.4 Å². The van der Waals surface area contributed by atoms with E-state index in [1.165, 1.54) is 18.3 Å². The topological polar surface area (TPSA) is 85.2 Å². The first-order chi connectivity index (χ1) is 17.6. The zero-order valence-corrected chi connectivity index (χ0v) is 20.6. The molecular weight excluding hydrogens is 478 g/mol. The molecule has 2 N–H and O–H groups in total. The number of nitrogens with one attached hydrogen (secondary N) is 2. The highest BCUT2D eigenvalue weighted by molar-refractivity contribution is 6.06. The normalized spacial score (nSPS) is 13.4. The summed E-state index contributed by atoms with van der Waals surface area (Å²) in [4.78, 5) is 28.9. The lowest BCUT2D eigenvalue weighted by molar-refractivity contribution is -0.117. The first-order valence-electron chi connectivity index (χ1n) is 12.0. The maximum Gasteiger partial charge on any atom is 0.255 e. The fraction of sp³-hybridized carbons (Fsp3) is 0.250. The molecule has 0 aliphatic heterocycles. The molecule has 5 rings (SSSR count). The van der Waals surface area contributed by atoms with Gasteiger partial charge in [-0.3, -0.25) is 9.59 Å². The van der Waals surface area contributed by atoms with Gasteiger partial charge in [0, 0.05) is 53.1 Å². The van der Waals surface area contributed by atoms with E-state index in [4.69, 9.17) is 4.74 Å². The van der Waals surface area contributed by atoms with Gasteiger partial charge in [-0.15, -0.1) is 0 Å². The van der Waals surface area contributed by atoms with E-state index in [1.807, 2.05) is 22.9 Å². The molecule has 1 aliphatic carbocycles. The van der Waals surface area contributed by atoms with Crippen LogP contribution in [0.25, 0.3) is 10.9 Å². The van der Waals surface area contributed by atoms with Gasteiger partial charge in [-0.2, -0.15) is 0 Å². The van der Waals surface area contributed by atoms with Gasteiger partial charge in [0.25, 0.3) is 5.91 Å². The van der Waals surface area contributed by atoms with Gasteiger partial charge in [-0.05, 0) is 63.3 Å². The summed E-state index contributed by atoms with van der Waals surface area (Å²) in [5.74, 6) is -2.37. The third-order valence-electron chi connectivity index (χ3n) is 6.11. The predicted octanol–water partition coefficient (Wildman–Crippen LogP) is 6.46. The van der Waals surface area contributed by atoms with Crippen molar-refractivity contribution in [3.8, 4) is 11.5 Å². The van der Waals surface area contributed by atoms with Crippen LogP contribution in [0.4, 0.5) is 20.3 Å². The van der Waals surface area contributed by atoms with Crippen molar-refractivity contribution >= 4 is 34.2 Å². The Labute approximate surface area is 212 Å². The summed E-state index contributed by atoms with van der Waals surface area (Å²) in [6.07, 6.45) is 5.03. The molecule has 2 heterocycles. The Balaban J connectivity index is 1.32. The summed E-state index contributed by atoms with van der Waals surface area (Å²) in [6, 6.07) is 11.8. The molecule has 0 bridgehead atoms. The third-order valence-corrected chi connectivity index (χ3v) is 6.11. The largest absolute Gasteiger partial charge is 0.454 e. The van der Waals surface area contributed by atoms with E-state index in [0.29, 0.717) is 5.56 Å². The van der Waals surface area contributed by atoms with Crippen molar-refractivity contribution in [2.75, 3.05) is 10.6 Å². The average Bonchev–Trinajstić information content (AvgIpc) is 3.60. The highest BCUT2D eigenvalue weighted by atomic mass is 19.1. The number of benzene rings is 2. The van der Waals surface area contributed by atoms with Gasteiger partial charge in [0.15, 0.2) is 17.4 Å². The standard InChI is InChI=1S/C28H26F2N4O3/c1-28(2,3)34-11-9-16-4-7-18(12-23(16)34)27(36)32-22-14-21(30)24(15-20(22)29)37-19-8-10-31-25(13-19)33-26(35)17-5-6-17/h4,7-15,17H,5-6H2,1-3H3,(H,32,36)(H,31,33,35). The smallest absolute Gasteiger partial charge is 0.255 e. The molecule has 1 fully saturated rings. The number of hydrogen-bond donors (Lipinski definition) is 2. The monoisotopic (exact) mass is 504 g/mol. The maximum atomic E-state index is 14.8. The van der Waals surface area contributed by atoms with Gasteiger partial charge in [-0.1, -0.05) is 6.07 Å². The van der Waals surface area contributed by atoms with Crippen LogP contribution in [-0.4, -0.2) is 21.4 Å². The lowest BCUT2D eigenvalue weighted by Gasteiger charge is -2.22. The number of pyridine rings is 1. The minimum atomic E-state index is -0.867. The van der Waals surface area contributed by atoms with Crippen molar-refractivity contribution in [1.82, 2.24) is 9.55 Å². The van der Waals surface area contributed by atoms with Gasteiger partial charge >= 0.3 is 0 Å². The Hall–Kier alpha value is -4.27. The molecule has 0 unspecified atom stereocenters. The Morgan fingerprint density at radius 1 is 1.00 bits per heavy atom. The van der Waals surface area contributed by atoms with Crippen LogP contribution < -0.4 is 15.4 Å². The van der Waals surface area contributed by atoms with E-state index in [-0.39, 0.29) is 40.4 Å². The Kier molecular flexibility index (Phi) is 6.15. The number of fused-ring (bicyclic) bond motifs is 1. The second-order valence-electron chi connectivity index (χ2n) is 10.1. The fourth-order valence-electron chi connectivity index (χ4n) is 4.00. The number of aromatic nitrogens is 2. The van der Waals surface area contributed by atoms with Crippen molar-refractivity contribution in [2.45, 2.75) is 39.2 Å². The zero-order chi connectivity index (χ0) is 26.3. The lowest BCUT2D eigenvalue weighted by atomic mass is 10.1. The highest BCUT2D eigenvalue weighted by Crippen LogP contribution is 2.32. The number of carbonyl (C=O) groups excluding carboxylic acids is 2. The number of anilines is 2. The Bertz CT molecular complexity index is 1520. The molecule has 0 atom stereocenters. The van der Waals surface area contributed by atoms with E-state index >= 15 is 0 Å². The van der Waals surface area contributed by atoms with Gasteiger partial charge in [0.2, 0.25) is 5.91 Å². The number of nitrogens with zero attached hydrogens (tertiary/aromatic N) is 2. The molecule has 0 spiro atoms. The molecule has 2 aromatic carbocycles. The van der Waals surface area contributed by atoms with Crippen LogP contribution in [0.3, 0.4) is 0 Å². The molecule has 37 heavy (non-hydrogen) atoms. The third kappa shape index (κ3) is 5.30. The van der Waals surface area contributed by atoms with Gasteiger partial charge in [0.05, 0.1) is 5.69 Å². The summed E-state index contributed by atoms with van der Waals surface area (Å²) in [5, 5.41) is 6.09. The van der Waals surface area contributed by atoms with Crippen LogP contribution >= 0.6 is 0 Å². The molecule has 1 aliphatic rings. The van der Waals surface area contributed by atoms with Gasteiger partial charge < -0.3 is 19.9 Å². The number of carbonyl (C=O) groups is 2. The summed E-state index contributed by atoms with van der Waals surface area (Å²) in [5.41, 5.74) is 0.670. The van der Waals surface area contributed by atoms with Crippen molar-refractivity contribution in [3.05, 3.63) is 78.1 Å². The maximum absolute atomic E-state index is 14.8. The molecule has 7 nitrogen and oxygen atoms in total. The quantitative estimate of drug-likeness (QED) is 0.316. The molecule has 2 amide bonds. The van der Waals surface area contributed by atoms with Gasteiger partial charge in [-0.25, -0.2) is 13.8 Å². The van der Waals surface area contributed by atoms with E-state index < -0.39 is 17.5 Å². The van der Waals surface area contributed by atoms with E-state index in [9.17, 15) is 18.4 Å². The molecule has 0 radical (unpaired) electrons. The average molecular weight is 505 g/mol. The molecule has 1 saturated carbocycles. The van der Waals surface area contributed by atoms with Crippen LogP contribution in [0.5, 0.6) is 11.5 Å². The summed E-state index contributed by atoms with van der Waals surface area (Å²) in [7, 11) is 0. The zero-order valence-electron chi connectivity index (χ0n) is 20.6. The highest BCUT2D eigenvalue weighted by Gasteiger charge is 2.29. The van der Waals surface area contributed by atoms with Crippen molar-refractivity contribution in [1.29, 1.82) is 0 Å². The van der Waals surface area contributed by atoms with Crippen molar-refractivity contribution in [3.63, 3.8) is 0 Å². The lowest BCUT2D eigenvalue weighted by Crippen LogP contribution is -2.20. The van der Waals surface area contributed by atoms with E-state index in [1.54, 1.807) is 12.1 Å². The summed E-state index contributed by atoms with van der Waals surface area (Å²) < 4.78 is 37.2. The van der Waals surface area contributed by atoms with Crippen LogP contribution in [0.1, 0.15) is 44.0 Å². The van der Waals surface area contributed by atoms with Crippen molar-refractivity contribution < 1.29 is 23.1 Å². The van der Waals surface area contributed by atoms with Crippen LogP contribution in [-0.2, 0) is 10.3 Å². The summed E-state index contributed by atoms with van der Waals surface area (Å²) in [6.45, 7) is 6.16. The van der Waals surface area contributed by atoms with Crippen LogP contribution in [0.15, 0.2) is 60.9 Å². The number of ether oxygens (including phenoxy) is 1. The molecular formula is C28H26F2N4O3. The number of hydrogen-bond acceptors (Lipinski definition) is 4. The second-order valence-corrected chi connectivity index (χ2v) is 10.1. The van der Waals surface area contributed by atoms with Crippen LogP contribution in [0.2, 0.25) is 0 Å². The number of halogens is 2. The minimum Gasteiger partial charge on any atom is -0.454 e. The Morgan fingerprint density at radius 2 is 1.78 bits per heavy atom. The molecule has 190 valence electrons. The second kappa shape index (κ2) is 9.31. The fourth-order valence-corrected chi connectivity index (χ4v) is 4.00. The molecule has 0 saturated heterocycles. The van der Waals surface area contributed by atoms with E-state index in [0.717, 1.165) is 35.9 Å². The first kappa shape index (κ1) is 24.4. The van der Waals surface area contributed by atoms with Crippen molar-refractivity contribution in [2.24, 2.45) is 5.92 Å². The Morgan fingerprint density at radius 3 is 2.51 bits per heavy atom. The predicted molar refractivity (Wildman–Crippen MR) is 137 cm³/mol. The van der Waals surface area contributed by atoms with Gasteiger partial charge in [0.1, 0.15) is 11.6 Å². The molecule has 4 aromatic rings. The number of amides is 2. The SMILES string of the molecule is CC(C)(C)n1ccc2ccc(C(=O)Nc3cc(F)c(Oc4ccnc(NC(=O)C5CC5)c4)cc3F)cc21.